The molecule has 0 bridgehead atoms. The molecule has 0 aliphatic rings. The topological polar surface area (TPSA) is 58.6 Å². The van der Waals surface area contributed by atoms with E-state index in [2.05, 4.69) is 10.1 Å². The van der Waals surface area contributed by atoms with Crippen LogP contribution in [0.25, 0.3) is 0 Å². The average molecular weight is 243 g/mol. The number of carbonyl (C=O) groups is 1. The highest BCUT2D eigenvalue weighted by Gasteiger charge is 2.27. The van der Waals surface area contributed by atoms with Crippen molar-refractivity contribution in [3.8, 4) is 0 Å². The molecule has 1 amide bonds. The smallest absolute Gasteiger partial charge is 0.393 e. The molecule has 96 valence electrons. The number of nitrogens with one attached hydrogen (secondary N) is 1. The Hall–Kier alpha value is -0.820. The van der Waals surface area contributed by atoms with Crippen LogP contribution >= 0.6 is 0 Å². The van der Waals surface area contributed by atoms with Crippen molar-refractivity contribution in [1.82, 2.24) is 5.32 Å². The fraction of sp³-hybridized carbons (Fsp3) is 0.889. The summed E-state index contributed by atoms with van der Waals surface area (Å²) in [5.41, 5.74) is 0. The van der Waals surface area contributed by atoms with Crippen LogP contribution in [-0.2, 0) is 9.53 Å². The largest absolute Gasteiger partial charge is 0.411 e. The molecule has 2 N–H and O–H groups in total. The lowest BCUT2D eigenvalue weighted by atomic mass is 10.2. The molecule has 0 aromatic heterocycles. The molecule has 16 heavy (non-hydrogen) atoms. The van der Waals surface area contributed by atoms with Crippen molar-refractivity contribution in [3.63, 3.8) is 0 Å². The van der Waals surface area contributed by atoms with E-state index in [0.29, 0.717) is 12.8 Å². The minimum absolute atomic E-state index is 0.225. The van der Waals surface area contributed by atoms with Crippen LogP contribution in [-0.4, -0.2) is 43.1 Å². The maximum absolute atomic E-state index is 11.6. The number of alkyl halides is 3. The van der Waals surface area contributed by atoms with Gasteiger partial charge in [-0.1, -0.05) is 6.92 Å². The van der Waals surface area contributed by atoms with Crippen molar-refractivity contribution in [3.05, 3.63) is 0 Å². The Morgan fingerprint density at radius 3 is 2.62 bits per heavy atom. The molecule has 4 nitrogen and oxygen atoms in total. The first-order chi connectivity index (χ1) is 7.35. The van der Waals surface area contributed by atoms with Crippen LogP contribution in [0.15, 0.2) is 0 Å². The maximum atomic E-state index is 11.6. The Labute approximate surface area is 91.8 Å². The molecule has 0 aromatic carbocycles. The highest BCUT2D eigenvalue weighted by atomic mass is 19.4. The van der Waals surface area contributed by atoms with E-state index in [-0.39, 0.29) is 6.54 Å². The van der Waals surface area contributed by atoms with Crippen LogP contribution < -0.4 is 5.32 Å². The van der Waals surface area contributed by atoms with E-state index in [1.807, 2.05) is 0 Å². The molecular weight excluding hydrogens is 227 g/mol. The third kappa shape index (κ3) is 9.72. The van der Waals surface area contributed by atoms with Gasteiger partial charge in [-0.25, -0.2) is 0 Å². The van der Waals surface area contributed by atoms with Crippen LogP contribution in [0, 0.1) is 0 Å². The average Bonchev–Trinajstić information content (AvgIpc) is 2.15. The summed E-state index contributed by atoms with van der Waals surface area (Å²) in [4.78, 5) is 10.9. The Kier molecular flexibility index (Phi) is 7.07. The second-order valence-corrected chi connectivity index (χ2v) is 3.31. The zero-order valence-corrected chi connectivity index (χ0v) is 9.01. The molecule has 0 saturated carbocycles. The first-order valence-electron chi connectivity index (χ1n) is 4.94. The van der Waals surface area contributed by atoms with Gasteiger partial charge in [0.1, 0.15) is 13.2 Å². The van der Waals surface area contributed by atoms with Crippen molar-refractivity contribution in [2.24, 2.45) is 0 Å². The Balaban J connectivity index is 3.46. The predicted octanol–water partition coefficient (Wildman–Crippen LogP) is 0.843. The van der Waals surface area contributed by atoms with E-state index in [1.165, 1.54) is 0 Å². The van der Waals surface area contributed by atoms with Crippen LogP contribution in [0.4, 0.5) is 13.2 Å². The molecule has 1 atom stereocenters. The van der Waals surface area contributed by atoms with Crippen LogP contribution in [0.3, 0.4) is 0 Å². The summed E-state index contributed by atoms with van der Waals surface area (Å²) >= 11 is 0. The highest BCUT2D eigenvalue weighted by molar-refractivity contribution is 5.77. The van der Waals surface area contributed by atoms with E-state index in [0.717, 1.165) is 0 Å². The second kappa shape index (κ2) is 7.45. The number of hydrogen-bond donors (Lipinski definition) is 2. The number of halogens is 3. The van der Waals surface area contributed by atoms with E-state index in [4.69, 9.17) is 5.11 Å². The molecule has 0 aliphatic heterocycles. The molecule has 0 saturated heterocycles. The van der Waals surface area contributed by atoms with Crippen molar-refractivity contribution in [2.75, 3.05) is 19.8 Å². The molecule has 0 heterocycles. The van der Waals surface area contributed by atoms with Crippen molar-refractivity contribution < 1.29 is 27.8 Å². The Bertz CT molecular complexity index is 209. The van der Waals surface area contributed by atoms with E-state index >= 15 is 0 Å². The monoisotopic (exact) mass is 243 g/mol. The van der Waals surface area contributed by atoms with Crippen molar-refractivity contribution in [2.45, 2.75) is 32.0 Å². The standard InChI is InChI=1S/C9H16F3NO3/c1-2-7(14)3-4-13-8(15)5-16-6-9(10,11)12/h7,14H,2-6H2,1H3,(H,13,15). The van der Waals surface area contributed by atoms with Gasteiger partial charge in [0, 0.05) is 6.54 Å². The molecule has 0 aromatic rings. The van der Waals surface area contributed by atoms with Crippen LogP contribution in [0.2, 0.25) is 0 Å². The Morgan fingerprint density at radius 1 is 1.50 bits per heavy atom. The summed E-state index contributed by atoms with van der Waals surface area (Å²) in [5.74, 6) is -0.618. The van der Waals surface area contributed by atoms with Gasteiger partial charge in [0.15, 0.2) is 0 Å². The number of aliphatic hydroxyl groups excluding tert-OH is 1. The number of ether oxygens (including phenoxy) is 1. The number of aliphatic hydroxyl groups is 1. The predicted molar refractivity (Wildman–Crippen MR) is 50.8 cm³/mol. The van der Waals surface area contributed by atoms with Gasteiger partial charge in [0.05, 0.1) is 6.10 Å². The van der Waals surface area contributed by atoms with Gasteiger partial charge in [-0.05, 0) is 12.8 Å². The van der Waals surface area contributed by atoms with Gasteiger partial charge in [-0.2, -0.15) is 13.2 Å². The molecular formula is C9H16F3NO3. The number of carbonyl (C=O) groups excluding carboxylic acids is 1. The van der Waals surface area contributed by atoms with Gasteiger partial charge in [0.25, 0.3) is 0 Å². The Morgan fingerprint density at radius 2 is 2.12 bits per heavy atom. The quantitative estimate of drug-likeness (QED) is 0.696. The van der Waals surface area contributed by atoms with Gasteiger partial charge in [0.2, 0.25) is 5.91 Å². The van der Waals surface area contributed by atoms with Crippen LogP contribution in [0.1, 0.15) is 19.8 Å². The second-order valence-electron chi connectivity index (χ2n) is 3.31. The number of hydrogen-bond acceptors (Lipinski definition) is 3. The maximum Gasteiger partial charge on any atom is 0.411 e. The van der Waals surface area contributed by atoms with Crippen molar-refractivity contribution >= 4 is 5.91 Å². The fourth-order valence-electron chi connectivity index (χ4n) is 0.893. The van der Waals surface area contributed by atoms with Crippen molar-refractivity contribution in [1.29, 1.82) is 0 Å². The van der Waals surface area contributed by atoms with Gasteiger partial charge >= 0.3 is 6.18 Å². The highest BCUT2D eigenvalue weighted by Crippen LogP contribution is 2.13. The summed E-state index contributed by atoms with van der Waals surface area (Å²) in [5, 5.41) is 11.5. The third-order valence-corrected chi connectivity index (χ3v) is 1.77. The number of rotatable bonds is 7. The summed E-state index contributed by atoms with van der Waals surface area (Å²) < 4.78 is 39.0. The first kappa shape index (κ1) is 15.2. The lowest BCUT2D eigenvalue weighted by molar-refractivity contribution is -0.175. The molecule has 0 radical (unpaired) electrons. The van der Waals surface area contributed by atoms with Gasteiger partial charge < -0.3 is 15.2 Å². The summed E-state index contributed by atoms with van der Waals surface area (Å²) in [6.07, 6.45) is -3.97. The SMILES string of the molecule is CCC(O)CCNC(=O)COCC(F)(F)F. The zero-order chi connectivity index (χ0) is 12.6. The molecule has 0 aliphatic carbocycles. The lowest BCUT2D eigenvalue weighted by Crippen LogP contribution is -2.31. The number of amides is 1. The van der Waals surface area contributed by atoms with E-state index < -0.39 is 31.4 Å². The third-order valence-electron chi connectivity index (χ3n) is 1.77. The normalized spacial score (nSPS) is 13.6. The zero-order valence-electron chi connectivity index (χ0n) is 9.01. The minimum Gasteiger partial charge on any atom is -0.393 e. The van der Waals surface area contributed by atoms with E-state index in [1.54, 1.807) is 6.92 Å². The minimum atomic E-state index is -4.42. The van der Waals surface area contributed by atoms with Crippen LogP contribution in [0.5, 0.6) is 0 Å². The fourth-order valence-corrected chi connectivity index (χ4v) is 0.893. The summed E-state index contributed by atoms with van der Waals surface area (Å²) in [6.45, 7) is -0.0398. The lowest BCUT2D eigenvalue weighted by Gasteiger charge is -2.10. The summed E-state index contributed by atoms with van der Waals surface area (Å²) in [6, 6.07) is 0. The molecule has 0 spiro atoms. The molecule has 7 heteroatoms. The molecule has 0 fully saturated rings. The van der Waals surface area contributed by atoms with Gasteiger partial charge in [-0.15, -0.1) is 0 Å². The van der Waals surface area contributed by atoms with E-state index in [9.17, 15) is 18.0 Å². The molecule has 0 rings (SSSR count). The molecule has 1 unspecified atom stereocenters. The summed E-state index contributed by atoms with van der Waals surface area (Å²) in [7, 11) is 0. The van der Waals surface area contributed by atoms with Gasteiger partial charge in [-0.3, -0.25) is 4.79 Å². The first-order valence-corrected chi connectivity index (χ1v) is 4.94.